The van der Waals surface area contributed by atoms with Crippen LogP contribution in [0.1, 0.15) is 69.2 Å². The number of hydrogen-bond donors (Lipinski definition) is 3. The first-order valence-electron chi connectivity index (χ1n) is 11.9. The first-order chi connectivity index (χ1) is 14.4. The first-order valence-corrected chi connectivity index (χ1v) is 11.9. The number of carbonyl (C=O) groups excluding carboxylic acids is 1. The Morgan fingerprint density at radius 1 is 1.30 bits per heavy atom. The zero-order valence-corrected chi connectivity index (χ0v) is 18.3. The fraction of sp³-hybridized carbons (Fsp3) is 0.826. The van der Waals surface area contributed by atoms with E-state index in [1.807, 2.05) is 4.68 Å². The first kappa shape index (κ1) is 20.3. The van der Waals surface area contributed by atoms with Gasteiger partial charge in [-0.05, 0) is 68.6 Å². The van der Waals surface area contributed by atoms with Crippen molar-refractivity contribution in [3.63, 3.8) is 0 Å². The quantitative estimate of drug-likeness (QED) is 0.575. The zero-order valence-electron chi connectivity index (χ0n) is 18.3. The lowest BCUT2D eigenvalue weighted by atomic mass is 9.52. The van der Waals surface area contributed by atoms with E-state index in [9.17, 15) is 9.90 Å². The minimum atomic E-state index is -0.483. The molecule has 166 valence electrons. The molecule has 4 bridgehead atoms. The third-order valence-corrected chi connectivity index (χ3v) is 7.46. The van der Waals surface area contributed by atoms with Crippen molar-refractivity contribution in [1.29, 1.82) is 0 Å². The molecule has 0 aromatic carbocycles. The summed E-state index contributed by atoms with van der Waals surface area (Å²) < 4.78 is 7.88. The minimum absolute atomic E-state index is 0.0837. The van der Waals surface area contributed by atoms with Gasteiger partial charge >= 0.3 is 0 Å². The molecule has 1 amide bonds. The van der Waals surface area contributed by atoms with Crippen molar-refractivity contribution in [3.05, 3.63) is 11.8 Å². The van der Waals surface area contributed by atoms with E-state index in [0.29, 0.717) is 54.3 Å². The van der Waals surface area contributed by atoms with Crippen molar-refractivity contribution in [1.82, 2.24) is 20.4 Å². The Morgan fingerprint density at radius 2 is 2.03 bits per heavy atom. The lowest BCUT2D eigenvalue weighted by Crippen LogP contribution is -2.61. The van der Waals surface area contributed by atoms with E-state index >= 15 is 0 Å². The van der Waals surface area contributed by atoms with Crippen molar-refractivity contribution in [2.45, 2.75) is 83.0 Å². The third kappa shape index (κ3) is 4.11. The maximum atomic E-state index is 13.3. The lowest BCUT2D eigenvalue weighted by Gasteiger charge is -2.58. The van der Waals surface area contributed by atoms with Crippen molar-refractivity contribution >= 4 is 5.91 Å². The van der Waals surface area contributed by atoms with Crippen LogP contribution >= 0.6 is 0 Å². The molecule has 2 atom stereocenters. The Kier molecular flexibility index (Phi) is 5.30. The Morgan fingerprint density at radius 3 is 2.67 bits per heavy atom. The van der Waals surface area contributed by atoms with E-state index in [-0.39, 0.29) is 11.9 Å². The molecule has 2 unspecified atom stereocenters. The molecule has 0 aliphatic heterocycles. The second kappa shape index (κ2) is 7.83. The molecule has 5 aliphatic carbocycles. The van der Waals surface area contributed by atoms with E-state index < -0.39 is 5.60 Å². The van der Waals surface area contributed by atoms with Gasteiger partial charge in [-0.25, -0.2) is 4.68 Å². The van der Waals surface area contributed by atoms with Crippen LogP contribution in [0.2, 0.25) is 0 Å². The Bertz CT molecular complexity index is 771. The molecule has 0 spiro atoms. The number of nitrogens with zero attached hydrogens (tertiary/aromatic N) is 2. The molecular formula is C23H36N4O3. The molecule has 7 heteroatoms. The van der Waals surface area contributed by atoms with E-state index in [4.69, 9.17) is 4.74 Å². The normalized spacial score (nSPS) is 34.5. The number of rotatable bonds is 9. The smallest absolute Gasteiger partial charge is 0.258 e. The van der Waals surface area contributed by atoms with Gasteiger partial charge in [-0.2, -0.15) is 5.10 Å². The summed E-state index contributed by atoms with van der Waals surface area (Å²) in [7, 11) is 0. The molecule has 1 aromatic rings. The molecular weight excluding hydrogens is 380 g/mol. The van der Waals surface area contributed by atoms with Crippen molar-refractivity contribution in [2.24, 2.45) is 23.7 Å². The van der Waals surface area contributed by atoms with Gasteiger partial charge in [0.2, 0.25) is 5.88 Å². The SMILES string of the molecule is CC(C)COc1c(C(=O)N[C@H]2C3CC4CC2C[C@](O)(C4)C3)cnn1CCNC1CC1. The van der Waals surface area contributed by atoms with Gasteiger partial charge in [0.25, 0.3) is 5.91 Å². The molecule has 0 radical (unpaired) electrons. The van der Waals surface area contributed by atoms with Gasteiger partial charge < -0.3 is 20.5 Å². The fourth-order valence-electron chi connectivity index (χ4n) is 6.20. The van der Waals surface area contributed by atoms with E-state index in [2.05, 4.69) is 29.6 Å². The van der Waals surface area contributed by atoms with Crippen LogP contribution in [-0.4, -0.2) is 51.6 Å². The number of ether oxygens (including phenoxy) is 1. The summed E-state index contributed by atoms with van der Waals surface area (Å²) in [6.45, 7) is 6.30. The van der Waals surface area contributed by atoms with Crippen LogP contribution in [0.5, 0.6) is 5.88 Å². The topological polar surface area (TPSA) is 88.4 Å². The van der Waals surface area contributed by atoms with Gasteiger partial charge in [0.05, 0.1) is 24.9 Å². The van der Waals surface area contributed by atoms with Gasteiger partial charge in [0.1, 0.15) is 5.56 Å². The summed E-state index contributed by atoms with van der Waals surface area (Å²) in [5.74, 6) is 2.29. The molecule has 5 aliphatic rings. The van der Waals surface area contributed by atoms with Crippen LogP contribution < -0.4 is 15.4 Å². The molecule has 1 heterocycles. The molecule has 1 aromatic heterocycles. The molecule has 30 heavy (non-hydrogen) atoms. The summed E-state index contributed by atoms with van der Waals surface area (Å²) in [6.07, 6.45) is 9.04. The standard InChI is InChI=1S/C23H36N4O3/c1-14(2)13-30-22-19(12-25-27(22)6-5-24-18-3-4-18)21(28)26-20-16-7-15-8-17(20)11-23(29,9-15)10-16/h12,14-18,20,24,29H,3-11,13H2,1-2H3,(H,26,28)/t15?,16?,17?,20-,23-. The summed E-state index contributed by atoms with van der Waals surface area (Å²) in [6, 6.07) is 0.808. The van der Waals surface area contributed by atoms with Crippen LogP contribution in [0.15, 0.2) is 6.20 Å². The van der Waals surface area contributed by atoms with Gasteiger partial charge in [-0.15, -0.1) is 0 Å². The number of nitrogens with one attached hydrogen (secondary N) is 2. The maximum absolute atomic E-state index is 13.3. The predicted molar refractivity (Wildman–Crippen MR) is 113 cm³/mol. The largest absolute Gasteiger partial charge is 0.477 e. The average molecular weight is 417 g/mol. The Balaban J connectivity index is 1.28. The van der Waals surface area contributed by atoms with Gasteiger partial charge in [-0.3, -0.25) is 4.79 Å². The minimum Gasteiger partial charge on any atom is -0.477 e. The summed E-state index contributed by atoms with van der Waals surface area (Å²) >= 11 is 0. The maximum Gasteiger partial charge on any atom is 0.258 e. The second-order valence-corrected chi connectivity index (χ2v) is 10.7. The zero-order chi connectivity index (χ0) is 20.9. The molecule has 7 nitrogen and oxygen atoms in total. The summed E-state index contributed by atoms with van der Waals surface area (Å²) in [5, 5.41) is 22.1. The molecule has 3 N–H and O–H groups in total. The number of amides is 1. The second-order valence-electron chi connectivity index (χ2n) is 10.7. The van der Waals surface area contributed by atoms with Crippen LogP contribution in [0, 0.1) is 23.7 Å². The van der Waals surface area contributed by atoms with Crippen molar-refractivity contribution < 1.29 is 14.6 Å². The molecule has 5 saturated carbocycles. The molecule has 6 rings (SSSR count). The third-order valence-electron chi connectivity index (χ3n) is 7.46. The summed E-state index contributed by atoms with van der Waals surface area (Å²) in [4.78, 5) is 13.3. The number of aromatic nitrogens is 2. The highest BCUT2D eigenvalue weighted by atomic mass is 16.5. The van der Waals surface area contributed by atoms with Gasteiger partial charge in [0.15, 0.2) is 0 Å². The highest BCUT2D eigenvalue weighted by molar-refractivity contribution is 5.96. The predicted octanol–water partition coefficient (Wildman–Crippen LogP) is 2.34. The Labute approximate surface area is 178 Å². The fourth-order valence-corrected chi connectivity index (χ4v) is 6.20. The van der Waals surface area contributed by atoms with E-state index in [0.717, 1.165) is 38.6 Å². The number of aliphatic hydroxyl groups is 1. The monoisotopic (exact) mass is 416 g/mol. The van der Waals surface area contributed by atoms with Gasteiger partial charge in [0, 0.05) is 18.6 Å². The van der Waals surface area contributed by atoms with E-state index in [1.165, 1.54) is 12.8 Å². The highest BCUT2D eigenvalue weighted by Crippen LogP contribution is 2.55. The van der Waals surface area contributed by atoms with Crippen molar-refractivity contribution in [3.8, 4) is 5.88 Å². The Hall–Kier alpha value is -1.60. The van der Waals surface area contributed by atoms with Crippen molar-refractivity contribution in [2.75, 3.05) is 13.2 Å². The van der Waals surface area contributed by atoms with E-state index in [1.54, 1.807) is 6.20 Å². The molecule has 5 fully saturated rings. The van der Waals surface area contributed by atoms with Crippen LogP contribution in [0.25, 0.3) is 0 Å². The summed E-state index contributed by atoms with van der Waals surface area (Å²) in [5.41, 5.74) is 0.0532. The molecule has 0 saturated heterocycles. The number of carbonyl (C=O) groups is 1. The van der Waals surface area contributed by atoms with Crippen LogP contribution in [0.4, 0.5) is 0 Å². The van der Waals surface area contributed by atoms with Gasteiger partial charge in [-0.1, -0.05) is 13.8 Å². The highest BCUT2D eigenvalue weighted by Gasteiger charge is 2.55. The lowest BCUT2D eigenvalue weighted by molar-refractivity contribution is -0.136. The van der Waals surface area contributed by atoms with Crippen LogP contribution in [0.3, 0.4) is 0 Å². The van der Waals surface area contributed by atoms with Crippen LogP contribution in [-0.2, 0) is 6.54 Å². The number of hydrogen-bond acceptors (Lipinski definition) is 5. The average Bonchev–Trinajstić information content (AvgIpc) is 3.40.